The molecule has 1 heterocycles. The van der Waals surface area contributed by atoms with Crippen molar-refractivity contribution in [2.75, 3.05) is 20.2 Å². The van der Waals surface area contributed by atoms with Gasteiger partial charge in [0.1, 0.15) is 5.60 Å². The Morgan fingerprint density at radius 1 is 1.35 bits per heavy atom. The Morgan fingerprint density at radius 2 is 2.04 bits per heavy atom. The zero-order chi connectivity index (χ0) is 17.5. The maximum absolute atomic E-state index is 12.2. The summed E-state index contributed by atoms with van der Waals surface area (Å²) < 4.78 is 10.5. The highest BCUT2D eigenvalue weighted by atomic mass is 16.6. The van der Waals surface area contributed by atoms with Gasteiger partial charge in [0.25, 0.3) is 0 Å². The number of hydrogen-bond acceptors (Lipinski definition) is 5. The van der Waals surface area contributed by atoms with Crippen LogP contribution in [0.4, 0.5) is 4.79 Å². The molecule has 0 radical (unpaired) electrons. The summed E-state index contributed by atoms with van der Waals surface area (Å²) in [5, 5.41) is 3.31. The van der Waals surface area contributed by atoms with Gasteiger partial charge in [-0.2, -0.15) is 0 Å². The first-order chi connectivity index (χ1) is 10.7. The number of pyridine rings is 1. The maximum Gasteiger partial charge on any atom is 0.410 e. The molecule has 6 heteroatoms. The minimum Gasteiger partial charge on any atom is -0.481 e. The smallest absolute Gasteiger partial charge is 0.410 e. The molecule has 0 atom stereocenters. The second-order valence-electron chi connectivity index (χ2n) is 6.65. The topological polar surface area (TPSA) is 63.7 Å². The van der Waals surface area contributed by atoms with Crippen LogP contribution < -0.4 is 10.1 Å². The quantitative estimate of drug-likeness (QED) is 0.782. The lowest BCUT2D eigenvalue weighted by atomic mass is 10.2. The second kappa shape index (κ2) is 8.72. The third kappa shape index (κ3) is 7.32. The fourth-order valence-electron chi connectivity index (χ4n) is 1.95. The third-order valence-electron chi connectivity index (χ3n) is 3.12. The number of aromatic nitrogens is 1. The highest BCUT2D eigenvalue weighted by Gasteiger charge is 2.23. The number of ether oxygens (including phenoxy) is 2. The van der Waals surface area contributed by atoms with Gasteiger partial charge in [0, 0.05) is 37.9 Å². The van der Waals surface area contributed by atoms with Gasteiger partial charge in [-0.05, 0) is 40.2 Å². The van der Waals surface area contributed by atoms with E-state index in [1.807, 2.05) is 46.8 Å². The second-order valence-corrected chi connectivity index (χ2v) is 6.65. The first-order valence-corrected chi connectivity index (χ1v) is 7.92. The minimum absolute atomic E-state index is 0.0919. The van der Waals surface area contributed by atoms with Crippen LogP contribution in [0.3, 0.4) is 0 Å². The van der Waals surface area contributed by atoms with E-state index in [1.54, 1.807) is 18.2 Å². The van der Waals surface area contributed by atoms with Gasteiger partial charge in [-0.3, -0.25) is 0 Å². The van der Waals surface area contributed by atoms with Crippen molar-refractivity contribution in [3.8, 4) is 5.88 Å². The normalized spacial score (nSPS) is 11.4. The van der Waals surface area contributed by atoms with Gasteiger partial charge in [-0.15, -0.1) is 0 Å². The molecule has 0 saturated heterocycles. The highest BCUT2D eigenvalue weighted by Crippen LogP contribution is 2.11. The van der Waals surface area contributed by atoms with E-state index in [4.69, 9.17) is 9.47 Å². The van der Waals surface area contributed by atoms with Gasteiger partial charge in [0.05, 0.1) is 7.11 Å². The summed E-state index contributed by atoms with van der Waals surface area (Å²) in [7, 11) is 1.59. The summed E-state index contributed by atoms with van der Waals surface area (Å²) >= 11 is 0. The van der Waals surface area contributed by atoms with E-state index in [-0.39, 0.29) is 12.1 Å². The zero-order valence-corrected chi connectivity index (χ0v) is 15.0. The van der Waals surface area contributed by atoms with Crippen molar-refractivity contribution in [1.82, 2.24) is 15.2 Å². The maximum atomic E-state index is 12.2. The standard InChI is InChI=1S/C17H29N3O3/c1-13(2)20(16(21)23-17(3,4)5)10-9-18-11-14-7-8-15(22-6)19-12-14/h7-8,12-13,18H,9-11H2,1-6H3. The summed E-state index contributed by atoms with van der Waals surface area (Å²) in [4.78, 5) is 18.1. The Kier molecular flexibility index (Phi) is 7.29. The molecule has 1 N–H and O–H groups in total. The average Bonchev–Trinajstić information content (AvgIpc) is 2.45. The lowest BCUT2D eigenvalue weighted by Gasteiger charge is -2.30. The molecular weight excluding hydrogens is 294 g/mol. The minimum atomic E-state index is -0.480. The van der Waals surface area contributed by atoms with E-state index >= 15 is 0 Å². The molecule has 0 aliphatic heterocycles. The predicted molar refractivity (Wildman–Crippen MR) is 90.6 cm³/mol. The number of carbonyl (C=O) groups excluding carboxylic acids is 1. The first-order valence-electron chi connectivity index (χ1n) is 7.92. The highest BCUT2D eigenvalue weighted by molar-refractivity contribution is 5.68. The Labute approximate surface area is 139 Å². The van der Waals surface area contributed by atoms with E-state index < -0.39 is 5.60 Å². The van der Waals surface area contributed by atoms with Crippen molar-refractivity contribution in [1.29, 1.82) is 0 Å². The van der Waals surface area contributed by atoms with Crippen LogP contribution in [0.5, 0.6) is 5.88 Å². The van der Waals surface area contributed by atoms with Gasteiger partial charge < -0.3 is 19.7 Å². The monoisotopic (exact) mass is 323 g/mol. The Bertz CT molecular complexity index is 481. The number of amides is 1. The summed E-state index contributed by atoms with van der Waals surface area (Å²) in [5.74, 6) is 0.602. The number of nitrogens with one attached hydrogen (secondary N) is 1. The van der Waals surface area contributed by atoms with Gasteiger partial charge in [0.2, 0.25) is 5.88 Å². The van der Waals surface area contributed by atoms with Crippen LogP contribution >= 0.6 is 0 Å². The fourth-order valence-corrected chi connectivity index (χ4v) is 1.95. The van der Waals surface area contributed by atoms with Crippen molar-refractivity contribution in [3.63, 3.8) is 0 Å². The number of methoxy groups -OCH3 is 1. The fraction of sp³-hybridized carbons (Fsp3) is 0.647. The zero-order valence-electron chi connectivity index (χ0n) is 15.0. The largest absolute Gasteiger partial charge is 0.481 e. The molecule has 0 spiro atoms. The molecular formula is C17H29N3O3. The van der Waals surface area contributed by atoms with E-state index in [0.717, 1.165) is 5.56 Å². The molecule has 23 heavy (non-hydrogen) atoms. The molecule has 0 bridgehead atoms. The number of nitrogens with zero attached hydrogens (tertiary/aromatic N) is 2. The van der Waals surface area contributed by atoms with Crippen molar-refractivity contribution in [3.05, 3.63) is 23.9 Å². The van der Waals surface area contributed by atoms with Crippen molar-refractivity contribution < 1.29 is 14.3 Å². The van der Waals surface area contributed by atoms with E-state index in [1.165, 1.54) is 0 Å². The van der Waals surface area contributed by atoms with Crippen molar-refractivity contribution in [2.45, 2.75) is 52.8 Å². The molecule has 1 rings (SSSR count). The average molecular weight is 323 g/mol. The van der Waals surface area contributed by atoms with Gasteiger partial charge in [-0.1, -0.05) is 6.07 Å². The Hall–Kier alpha value is -1.82. The van der Waals surface area contributed by atoms with Crippen LogP contribution in [0, 0.1) is 0 Å². The van der Waals surface area contributed by atoms with Crippen LogP contribution in [-0.2, 0) is 11.3 Å². The molecule has 0 unspecified atom stereocenters. The van der Waals surface area contributed by atoms with Crippen LogP contribution in [0.15, 0.2) is 18.3 Å². The SMILES string of the molecule is COc1ccc(CNCCN(C(=O)OC(C)(C)C)C(C)C)cn1. The summed E-state index contributed by atoms with van der Waals surface area (Å²) in [6, 6.07) is 3.89. The molecule has 0 saturated carbocycles. The van der Waals surface area contributed by atoms with Crippen LogP contribution in [0.1, 0.15) is 40.2 Å². The molecule has 0 fully saturated rings. The molecule has 6 nitrogen and oxygen atoms in total. The summed E-state index contributed by atoms with van der Waals surface area (Å²) in [5.41, 5.74) is 0.589. The predicted octanol–water partition coefficient (Wildman–Crippen LogP) is 2.83. The van der Waals surface area contributed by atoms with E-state index in [2.05, 4.69) is 10.3 Å². The van der Waals surface area contributed by atoms with Crippen LogP contribution in [0.2, 0.25) is 0 Å². The van der Waals surface area contributed by atoms with Crippen LogP contribution in [-0.4, -0.2) is 47.8 Å². The Morgan fingerprint density at radius 3 is 2.52 bits per heavy atom. The molecule has 0 aliphatic carbocycles. The number of rotatable bonds is 7. The lowest BCUT2D eigenvalue weighted by molar-refractivity contribution is 0.0193. The lowest BCUT2D eigenvalue weighted by Crippen LogP contribution is -2.44. The van der Waals surface area contributed by atoms with Gasteiger partial charge in [0.15, 0.2) is 0 Å². The molecule has 0 aliphatic rings. The number of hydrogen-bond donors (Lipinski definition) is 1. The molecule has 1 aromatic heterocycles. The summed E-state index contributed by atoms with van der Waals surface area (Å²) in [6.07, 6.45) is 1.50. The first kappa shape index (κ1) is 19.2. The van der Waals surface area contributed by atoms with E-state index in [9.17, 15) is 4.79 Å². The molecule has 1 amide bonds. The van der Waals surface area contributed by atoms with E-state index in [0.29, 0.717) is 25.5 Å². The molecule has 130 valence electrons. The third-order valence-corrected chi connectivity index (χ3v) is 3.12. The Balaban J connectivity index is 2.42. The summed E-state index contributed by atoms with van der Waals surface area (Å²) in [6.45, 7) is 11.6. The van der Waals surface area contributed by atoms with Crippen molar-refractivity contribution >= 4 is 6.09 Å². The van der Waals surface area contributed by atoms with Gasteiger partial charge in [-0.25, -0.2) is 9.78 Å². The van der Waals surface area contributed by atoms with Crippen molar-refractivity contribution in [2.24, 2.45) is 0 Å². The van der Waals surface area contributed by atoms with Gasteiger partial charge >= 0.3 is 6.09 Å². The van der Waals surface area contributed by atoms with Crippen LogP contribution in [0.25, 0.3) is 0 Å². The number of carbonyl (C=O) groups is 1. The molecule has 1 aromatic rings. The molecule has 0 aromatic carbocycles.